The van der Waals surface area contributed by atoms with Crippen LogP contribution < -0.4 is 10.6 Å². The molecule has 2 aromatic carbocycles. The number of methoxy groups -OCH3 is 1. The van der Waals surface area contributed by atoms with Gasteiger partial charge in [0.25, 0.3) is 5.91 Å². The normalized spacial score (nSPS) is 21.1. The topological polar surface area (TPSA) is 102 Å². The fourth-order valence-electron chi connectivity index (χ4n) is 5.07. The molecule has 37 heavy (non-hydrogen) atoms. The lowest BCUT2D eigenvalue weighted by molar-refractivity contribution is -0.146. The van der Waals surface area contributed by atoms with Crippen molar-refractivity contribution in [2.24, 2.45) is 16.7 Å². The maximum Gasteiger partial charge on any atom is 0.328 e. The second kappa shape index (κ2) is 11.2. The van der Waals surface area contributed by atoms with Gasteiger partial charge in [-0.15, -0.1) is 0 Å². The first-order chi connectivity index (χ1) is 17.3. The average Bonchev–Trinajstić information content (AvgIpc) is 3.08. The minimum Gasteiger partial charge on any atom is -0.467 e. The van der Waals surface area contributed by atoms with Crippen LogP contribution >= 0.6 is 23.2 Å². The molecule has 3 atom stereocenters. The van der Waals surface area contributed by atoms with E-state index in [4.69, 9.17) is 27.9 Å². The summed E-state index contributed by atoms with van der Waals surface area (Å²) in [5.41, 5.74) is 0.278. The number of amides is 2. The Morgan fingerprint density at radius 3 is 2.14 bits per heavy atom. The van der Waals surface area contributed by atoms with Crippen molar-refractivity contribution in [2.75, 3.05) is 12.4 Å². The monoisotopic (exact) mass is 546 g/mol. The molecule has 7 nitrogen and oxygen atoms in total. The number of Topliss-reactive ketones (excluding diaryl/α,β-unsaturated/α-hetero) is 1. The summed E-state index contributed by atoms with van der Waals surface area (Å²) in [6.45, 7) is 7.33. The fourth-order valence-corrected chi connectivity index (χ4v) is 5.63. The van der Waals surface area contributed by atoms with Crippen molar-refractivity contribution in [1.82, 2.24) is 5.32 Å². The molecule has 1 aliphatic carbocycles. The highest BCUT2D eigenvalue weighted by Crippen LogP contribution is 2.56. The molecule has 9 heteroatoms. The summed E-state index contributed by atoms with van der Waals surface area (Å²) in [6.07, 6.45) is 1.37. The summed E-state index contributed by atoms with van der Waals surface area (Å²) in [5.74, 6) is -1.64. The quantitative estimate of drug-likeness (QED) is 0.427. The zero-order chi connectivity index (χ0) is 27.5. The Morgan fingerprint density at radius 2 is 1.62 bits per heavy atom. The number of carbonyl (C=O) groups excluding carboxylic acids is 4. The van der Waals surface area contributed by atoms with Gasteiger partial charge in [-0.25, -0.2) is 4.79 Å². The number of halogens is 2. The smallest absolute Gasteiger partial charge is 0.328 e. The van der Waals surface area contributed by atoms with E-state index >= 15 is 0 Å². The molecule has 0 heterocycles. The molecule has 0 radical (unpaired) electrons. The predicted molar refractivity (Wildman–Crippen MR) is 144 cm³/mol. The Kier molecular flexibility index (Phi) is 8.70. The second-order valence-corrected chi connectivity index (χ2v) is 11.1. The number of ether oxygens (including phenoxy) is 1. The van der Waals surface area contributed by atoms with Gasteiger partial charge in [0.1, 0.15) is 11.8 Å². The van der Waals surface area contributed by atoms with E-state index in [0.29, 0.717) is 18.5 Å². The van der Waals surface area contributed by atoms with Crippen LogP contribution in [0.4, 0.5) is 5.69 Å². The van der Waals surface area contributed by atoms with Gasteiger partial charge < -0.3 is 15.4 Å². The van der Waals surface area contributed by atoms with Crippen LogP contribution in [0.25, 0.3) is 0 Å². The lowest BCUT2D eigenvalue weighted by Gasteiger charge is -2.39. The number of ketones is 1. The molecular weight excluding hydrogens is 515 g/mol. The third-order valence-corrected chi connectivity index (χ3v) is 8.59. The molecule has 0 aromatic heterocycles. The van der Waals surface area contributed by atoms with Crippen molar-refractivity contribution in [2.45, 2.75) is 53.0 Å². The summed E-state index contributed by atoms with van der Waals surface area (Å²) in [7, 11) is 1.27. The Labute approximate surface area is 227 Å². The average molecular weight is 547 g/mol. The molecule has 2 N–H and O–H groups in total. The molecule has 198 valence electrons. The fraction of sp³-hybridized carbons (Fsp3) is 0.429. The molecule has 0 aliphatic heterocycles. The molecule has 0 spiro atoms. The SMILES string of the molecule is COC(=O)[C@H](Cc1ccc(NC(=O)c2c(Cl)cccc2Cl)cc1)NC(=O)[C@H]1CC[C@@](C)(C(C)=O)C1(C)C. The van der Waals surface area contributed by atoms with E-state index in [-0.39, 0.29) is 33.7 Å². The molecule has 2 aromatic rings. The molecule has 0 unspecified atom stereocenters. The maximum atomic E-state index is 13.3. The molecule has 1 aliphatic rings. The number of benzene rings is 2. The van der Waals surface area contributed by atoms with Gasteiger partial charge in [0.05, 0.1) is 22.7 Å². The highest BCUT2D eigenvalue weighted by atomic mass is 35.5. The maximum absolute atomic E-state index is 13.3. The lowest BCUT2D eigenvalue weighted by Crippen LogP contribution is -2.49. The molecular formula is C28H32Cl2N2O5. The van der Waals surface area contributed by atoms with Gasteiger partial charge in [0.15, 0.2) is 0 Å². The Morgan fingerprint density at radius 1 is 1.03 bits per heavy atom. The van der Waals surface area contributed by atoms with Crippen LogP contribution in [0.3, 0.4) is 0 Å². The van der Waals surface area contributed by atoms with Gasteiger partial charge >= 0.3 is 5.97 Å². The number of nitrogens with one attached hydrogen (secondary N) is 2. The molecule has 2 amide bonds. The first kappa shape index (κ1) is 28.7. The predicted octanol–water partition coefficient (Wildman–Crippen LogP) is 5.48. The highest BCUT2D eigenvalue weighted by molar-refractivity contribution is 6.40. The van der Waals surface area contributed by atoms with Crippen molar-refractivity contribution in [3.63, 3.8) is 0 Å². The van der Waals surface area contributed by atoms with Gasteiger partial charge in [-0.3, -0.25) is 14.4 Å². The third-order valence-electron chi connectivity index (χ3n) is 7.96. The number of carbonyl (C=O) groups is 4. The van der Waals surface area contributed by atoms with Crippen LogP contribution in [-0.2, 0) is 25.5 Å². The largest absolute Gasteiger partial charge is 0.467 e. The Bertz CT molecular complexity index is 1190. The lowest BCUT2D eigenvalue weighted by atomic mass is 9.63. The van der Waals surface area contributed by atoms with Crippen molar-refractivity contribution < 1.29 is 23.9 Å². The third kappa shape index (κ3) is 5.83. The summed E-state index contributed by atoms with van der Waals surface area (Å²) >= 11 is 12.2. The van der Waals surface area contributed by atoms with Crippen molar-refractivity contribution in [1.29, 1.82) is 0 Å². The van der Waals surface area contributed by atoms with E-state index < -0.39 is 34.7 Å². The van der Waals surface area contributed by atoms with Crippen molar-refractivity contribution >= 4 is 52.5 Å². The van der Waals surface area contributed by atoms with E-state index in [1.807, 2.05) is 20.8 Å². The van der Waals surface area contributed by atoms with E-state index in [1.54, 1.807) is 49.4 Å². The molecule has 0 saturated heterocycles. The molecule has 0 bridgehead atoms. The Balaban J connectivity index is 1.71. The zero-order valence-corrected chi connectivity index (χ0v) is 23.1. The standard InChI is InChI=1S/C28H32Cl2N2O5/c1-16(33)28(4)14-13-19(27(28,2)3)24(34)32-22(26(36)37-5)15-17-9-11-18(12-10-17)31-25(35)23-20(29)7-6-8-21(23)30/h6-12,19,22H,13-15H2,1-5H3,(H,31,35)(H,32,34)/t19-,22+,28+/m1/s1. The van der Waals surface area contributed by atoms with E-state index in [2.05, 4.69) is 10.6 Å². The number of hydrogen-bond donors (Lipinski definition) is 2. The van der Waals surface area contributed by atoms with Gasteiger partial charge in [0.2, 0.25) is 5.91 Å². The van der Waals surface area contributed by atoms with Crippen LogP contribution in [-0.4, -0.2) is 36.7 Å². The van der Waals surface area contributed by atoms with Crippen molar-refractivity contribution in [3.8, 4) is 0 Å². The summed E-state index contributed by atoms with van der Waals surface area (Å²) in [5, 5.41) is 6.09. The van der Waals surface area contributed by atoms with Gasteiger partial charge in [-0.05, 0) is 55.0 Å². The minimum absolute atomic E-state index is 0.0568. The van der Waals surface area contributed by atoms with Crippen LogP contribution in [0.1, 0.15) is 56.5 Å². The van der Waals surface area contributed by atoms with Crippen LogP contribution in [0.5, 0.6) is 0 Å². The van der Waals surface area contributed by atoms with E-state index in [0.717, 1.165) is 5.56 Å². The first-order valence-corrected chi connectivity index (χ1v) is 12.8. The van der Waals surface area contributed by atoms with Gasteiger partial charge in [-0.1, -0.05) is 62.2 Å². The zero-order valence-electron chi connectivity index (χ0n) is 21.6. The Hall–Kier alpha value is -2.90. The summed E-state index contributed by atoms with van der Waals surface area (Å²) in [4.78, 5) is 50.7. The van der Waals surface area contributed by atoms with Gasteiger partial charge in [0, 0.05) is 23.4 Å². The number of anilines is 1. The van der Waals surface area contributed by atoms with E-state index in [9.17, 15) is 19.2 Å². The number of rotatable bonds is 8. The summed E-state index contributed by atoms with van der Waals surface area (Å²) in [6, 6.07) is 10.8. The van der Waals surface area contributed by atoms with Gasteiger partial charge in [-0.2, -0.15) is 0 Å². The number of esters is 1. The van der Waals surface area contributed by atoms with Crippen LogP contribution in [0.15, 0.2) is 42.5 Å². The summed E-state index contributed by atoms with van der Waals surface area (Å²) < 4.78 is 4.94. The first-order valence-electron chi connectivity index (χ1n) is 12.1. The number of hydrogen-bond acceptors (Lipinski definition) is 5. The molecule has 1 fully saturated rings. The van der Waals surface area contributed by atoms with E-state index in [1.165, 1.54) is 7.11 Å². The van der Waals surface area contributed by atoms with Crippen molar-refractivity contribution in [3.05, 3.63) is 63.6 Å². The van der Waals surface area contributed by atoms with Crippen LogP contribution in [0, 0.1) is 16.7 Å². The molecule has 3 rings (SSSR count). The second-order valence-electron chi connectivity index (χ2n) is 10.2. The van der Waals surface area contributed by atoms with Crippen LogP contribution in [0.2, 0.25) is 10.0 Å². The minimum atomic E-state index is -0.903. The molecule has 1 saturated carbocycles. The highest BCUT2D eigenvalue weighted by Gasteiger charge is 2.56.